The lowest BCUT2D eigenvalue weighted by Crippen LogP contribution is -2.46. The van der Waals surface area contributed by atoms with Gasteiger partial charge in [0, 0.05) is 24.9 Å². The smallest absolute Gasteiger partial charge is 0.271 e. The topological polar surface area (TPSA) is 94.7 Å². The number of hydrogen-bond donors (Lipinski definition) is 3. The maximum atomic E-state index is 13.8. The minimum atomic E-state index is -0.830. The number of aromatic amines is 1. The first kappa shape index (κ1) is 25.5. The second-order valence-electron chi connectivity index (χ2n) is 9.12. The summed E-state index contributed by atoms with van der Waals surface area (Å²) in [6, 6.07) is 20.0. The van der Waals surface area contributed by atoms with Gasteiger partial charge in [-0.2, -0.15) is 0 Å². The Labute approximate surface area is 212 Å². The molecule has 1 saturated carbocycles. The minimum Gasteiger partial charge on any atom is -0.494 e. The normalized spacial score (nSPS) is 14.4. The second kappa shape index (κ2) is 12.4. The Hall–Kier alpha value is -3.58. The standard InChI is InChI=1S/C29H35N3O4/c1-2-36-24-15-13-22(14-16-24)27(28(34)30-23-11-6-7-12-23)32(19-8-20-33)29(35)26-18-17-25(31-26)21-9-4-3-5-10-21/h3-5,9-10,13-18,23,27,31,33H,2,6-8,11-12,19-20H2,1H3,(H,30,34)/t27-/m1/s1. The fourth-order valence-corrected chi connectivity index (χ4v) is 4.79. The number of rotatable bonds is 11. The third-order valence-corrected chi connectivity index (χ3v) is 6.59. The molecule has 0 unspecified atom stereocenters. The van der Waals surface area contributed by atoms with Crippen LogP contribution in [-0.4, -0.2) is 52.6 Å². The molecule has 36 heavy (non-hydrogen) atoms. The molecule has 7 heteroatoms. The first-order valence-corrected chi connectivity index (χ1v) is 12.8. The van der Waals surface area contributed by atoms with E-state index in [1.807, 2.05) is 67.6 Å². The van der Waals surface area contributed by atoms with Gasteiger partial charge < -0.3 is 25.0 Å². The SMILES string of the molecule is CCOc1ccc([C@H](C(=O)NC2CCCC2)N(CCCO)C(=O)c2ccc(-c3ccccc3)[nH]2)cc1. The Morgan fingerprint density at radius 1 is 1.06 bits per heavy atom. The van der Waals surface area contributed by atoms with Crippen molar-refractivity contribution in [3.63, 3.8) is 0 Å². The molecule has 190 valence electrons. The maximum absolute atomic E-state index is 13.8. The van der Waals surface area contributed by atoms with Gasteiger partial charge in [0.15, 0.2) is 0 Å². The summed E-state index contributed by atoms with van der Waals surface area (Å²) in [6.45, 7) is 2.62. The average Bonchev–Trinajstić information content (AvgIpc) is 3.60. The van der Waals surface area contributed by atoms with E-state index in [0.717, 1.165) is 36.9 Å². The van der Waals surface area contributed by atoms with E-state index in [-0.39, 0.29) is 31.0 Å². The highest BCUT2D eigenvalue weighted by Gasteiger charge is 2.34. The van der Waals surface area contributed by atoms with Gasteiger partial charge in [0.1, 0.15) is 17.5 Å². The van der Waals surface area contributed by atoms with E-state index in [1.54, 1.807) is 11.0 Å². The number of aromatic nitrogens is 1. The Bertz CT molecular complexity index is 1120. The van der Waals surface area contributed by atoms with Gasteiger partial charge in [0.05, 0.1) is 6.61 Å². The third kappa shape index (κ3) is 6.15. The van der Waals surface area contributed by atoms with Crippen LogP contribution < -0.4 is 10.1 Å². The quantitative estimate of drug-likeness (QED) is 0.364. The van der Waals surface area contributed by atoms with Crippen LogP contribution in [0.25, 0.3) is 11.3 Å². The summed E-state index contributed by atoms with van der Waals surface area (Å²) in [7, 11) is 0. The van der Waals surface area contributed by atoms with Gasteiger partial charge in [-0.3, -0.25) is 9.59 Å². The summed E-state index contributed by atoms with van der Waals surface area (Å²) in [4.78, 5) is 32.3. The molecule has 1 fully saturated rings. The molecule has 4 rings (SSSR count). The zero-order valence-corrected chi connectivity index (χ0v) is 20.8. The lowest BCUT2D eigenvalue weighted by molar-refractivity contribution is -0.126. The van der Waals surface area contributed by atoms with Crippen LogP contribution in [-0.2, 0) is 4.79 Å². The predicted molar refractivity (Wildman–Crippen MR) is 140 cm³/mol. The number of hydrogen-bond acceptors (Lipinski definition) is 4. The van der Waals surface area contributed by atoms with Crippen LogP contribution in [0.2, 0.25) is 0 Å². The molecule has 2 aromatic carbocycles. The van der Waals surface area contributed by atoms with Crippen molar-refractivity contribution in [2.45, 2.75) is 51.1 Å². The monoisotopic (exact) mass is 489 g/mol. The molecule has 0 spiro atoms. The van der Waals surface area contributed by atoms with Gasteiger partial charge in [-0.1, -0.05) is 55.3 Å². The third-order valence-electron chi connectivity index (χ3n) is 6.59. The number of aliphatic hydroxyl groups excluding tert-OH is 1. The summed E-state index contributed by atoms with van der Waals surface area (Å²) in [5.74, 6) is 0.222. The van der Waals surface area contributed by atoms with Crippen LogP contribution in [0, 0.1) is 0 Å². The zero-order valence-electron chi connectivity index (χ0n) is 20.8. The molecule has 7 nitrogen and oxygen atoms in total. The van der Waals surface area contributed by atoms with E-state index in [2.05, 4.69) is 10.3 Å². The molecule has 2 amide bonds. The highest BCUT2D eigenvalue weighted by molar-refractivity contribution is 5.97. The van der Waals surface area contributed by atoms with Gasteiger partial charge >= 0.3 is 0 Å². The number of benzene rings is 2. The molecular weight excluding hydrogens is 454 g/mol. The van der Waals surface area contributed by atoms with Crippen molar-refractivity contribution < 1.29 is 19.4 Å². The van der Waals surface area contributed by atoms with Crippen molar-refractivity contribution in [3.8, 4) is 17.0 Å². The molecule has 0 saturated heterocycles. The summed E-state index contributed by atoms with van der Waals surface area (Å²) < 4.78 is 5.58. The van der Waals surface area contributed by atoms with Crippen LogP contribution in [0.15, 0.2) is 66.7 Å². The highest BCUT2D eigenvalue weighted by Crippen LogP contribution is 2.28. The number of carbonyl (C=O) groups is 2. The van der Waals surface area contributed by atoms with Crippen molar-refractivity contribution in [2.24, 2.45) is 0 Å². The fraction of sp³-hybridized carbons (Fsp3) is 0.379. The van der Waals surface area contributed by atoms with E-state index >= 15 is 0 Å². The number of ether oxygens (including phenoxy) is 1. The van der Waals surface area contributed by atoms with Gasteiger partial charge in [-0.25, -0.2) is 0 Å². The molecule has 1 aliphatic carbocycles. The van der Waals surface area contributed by atoms with Gasteiger partial charge in [0.25, 0.3) is 5.91 Å². The van der Waals surface area contributed by atoms with E-state index in [1.165, 1.54) is 0 Å². The van der Waals surface area contributed by atoms with E-state index in [0.29, 0.717) is 30.0 Å². The van der Waals surface area contributed by atoms with Crippen LogP contribution >= 0.6 is 0 Å². The molecule has 3 N–H and O–H groups in total. The van der Waals surface area contributed by atoms with Gasteiger partial charge in [0.2, 0.25) is 5.91 Å². The van der Waals surface area contributed by atoms with Gasteiger partial charge in [-0.05, 0) is 61.6 Å². The Kier molecular flexibility index (Phi) is 8.79. The number of nitrogens with zero attached hydrogens (tertiary/aromatic N) is 1. The largest absolute Gasteiger partial charge is 0.494 e. The second-order valence-corrected chi connectivity index (χ2v) is 9.12. The lowest BCUT2D eigenvalue weighted by atomic mass is 10.0. The summed E-state index contributed by atoms with van der Waals surface area (Å²) in [5, 5.41) is 12.7. The molecule has 3 aromatic rings. The van der Waals surface area contributed by atoms with Crippen molar-refractivity contribution in [1.29, 1.82) is 0 Å². The predicted octanol–water partition coefficient (Wildman–Crippen LogP) is 4.71. The molecule has 0 bridgehead atoms. The molecule has 1 aliphatic rings. The van der Waals surface area contributed by atoms with Gasteiger partial charge in [-0.15, -0.1) is 0 Å². The number of amides is 2. The summed E-state index contributed by atoms with van der Waals surface area (Å²) >= 11 is 0. The molecule has 1 atom stereocenters. The van der Waals surface area contributed by atoms with E-state index < -0.39 is 6.04 Å². The zero-order chi connectivity index (χ0) is 25.3. The Morgan fingerprint density at radius 2 is 1.78 bits per heavy atom. The molecule has 1 aromatic heterocycles. The van der Waals surface area contributed by atoms with Crippen molar-refractivity contribution in [3.05, 3.63) is 78.0 Å². The van der Waals surface area contributed by atoms with E-state index in [9.17, 15) is 14.7 Å². The number of aliphatic hydroxyl groups is 1. The van der Waals surface area contributed by atoms with Crippen LogP contribution in [0.5, 0.6) is 5.75 Å². The fourth-order valence-electron chi connectivity index (χ4n) is 4.79. The average molecular weight is 490 g/mol. The number of carbonyl (C=O) groups excluding carboxylic acids is 2. The Balaban J connectivity index is 1.66. The number of H-pyrrole nitrogens is 1. The van der Waals surface area contributed by atoms with Crippen LogP contribution in [0.3, 0.4) is 0 Å². The first-order valence-electron chi connectivity index (χ1n) is 12.8. The molecule has 0 aliphatic heterocycles. The first-order chi connectivity index (χ1) is 17.6. The number of nitrogens with one attached hydrogen (secondary N) is 2. The maximum Gasteiger partial charge on any atom is 0.271 e. The minimum absolute atomic E-state index is 0.0794. The summed E-state index contributed by atoms with van der Waals surface area (Å²) in [6.07, 6.45) is 4.45. The van der Waals surface area contributed by atoms with E-state index in [4.69, 9.17) is 4.74 Å². The molecule has 0 radical (unpaired) electrons. The van der Waals surface area contributed by atoms with Crippen molar-refractivity contribution >= 4 is 11.8 Å². The lowest BCUT2D eigenvalue weighted by Gasteiger charge is -2.32. The van der Waals surface area contributed by atoms with Crippen LogP contribution in [0.1, 0.15) is 61.1 Å². The highest BCUT2D eigenvalue weighted by atomic mass is 16.5. The Morgan fingerprint density at radius 3 is 2.44 bits per heavy atom. The van der Waals surface area contributed by atoms with Crippen LogP contribution in [0.4, 0.5) is 0 Å². The van der Waals surface area contributed by atoms with Crippen molar-refractivity contribution in [1.82, 2.24) is 15.2 Å². The molecular formula is C29H35N3O4. The van der Waals surface area contributed by atoms with Crippen molar-refractivity contribution in [2.75, 3.05) is 19.8 Å². The summed E-state index contributed by atoms with van der Waals surface area (Å²) in [5.41, 5.74) is 2.90. The molecule has 1 heterocycles.